The van der Waals surface area contributed by atoms with Crippen LogP contribution in [0.2, 0.25) is 0 Å². The number of hydrogen-bond donors (Lipinski definition) is 2. The zero-order valence-electron chi connectivity index (χ0n) is 10.4. The average Bonchev–Trinajstić information content (AvgIpc) is 2.34. The number of carboxylic acids is 1. The summed E-state index contributed by atoms with van der Waals surface area (Å²) < 4.78 is 0. The van der Waals surface area contributed by atoms with Gasteiger partial charge in [-0.05, 0) is 45.3 Å². The van der Waals surface area contributed by atoms with Gasteiger partial charge < -0.3 is 15.3 Å². The molecule has 2 N–H and O–H groups in total. The van der Waals surface area contributed by atoms with Crippen molar-refractivity contribution in [3.8, 4) is 0 Å². The fraction of sp³-hybridized carbons (Fsp3) is 0.833. The second-order valence-corrected chi connectivity index (χ2v) is 4.58. The van der Waals surface area contributed by atoms with Gasteiger partial charge in [-0.15, -0.1) is 0 Å². The quantitative estimate of drug-likeness (QED) is 0.673. The Hall–Kier alpha value is -1.10. The highest BCUT2D eigenvalue weighted by molar-refractivity contribution is 5.78. The van der Waals surface area contributed by atoms with E-state index in [1.165, 1.54) is 0 Å². The van der Waals surface area contributed by atoms with Crippen LogP contribution >= 0.6 is 0 Å². The van der Waals surface area contributed by atoms with Gasteiger partial charge in [0, 0.05) is 19.4 Å². The van der Waals surface area contributed by atoms with Crippen LogP contribution in [-0.2, 0) is 9.59 Å². The van der Waals surface area contributed by atoms with Gasteiger partial charge in [0.05, 0.1) is 0 Å². The van der Waals surface area contributed by atoms with Crippen molar-refractivity contribution in [2.45, 2.75) is 32.1 Å². The summed E-state index contributed by atoms with van der Waals surface area (Å²) >= 11 is 0. The smallest absolute Gasteiger partial charge is 0.303 e. The number of carbonyl (C=O) groups excluding carboxylic acids is 1. The highest BCUT2D eigenvalue weighted by Crippen LogP contribution is 2.17. The SMILES string of the molecule is CNC(=O)C1CCN(CCCCC(=O)O)CC1. The Morgan fingerprint density at radius 2 is 1.94 bits per heavy atom. The van der Waals surface area contributed by atoms with Crippen LogP contribution < -0.4 is 5.32 Å². The first-order valence-electron chi connectivity index (χ1n) is 6.29. The molecule has 0 aromatic heterocycles. The van der Waals surface area contributed by atoms with Crippen LogP contribution in [0.4, 0.5) is 0 Å². The van der Waals surface area contributed by atoms with E-state index in [-0.39, 0.29) is 18.2 Å². The van der Waals surface area contributed by atoms with Crippen LogP contribution in [-0.4, -0.2) is 48.6 Å². The second kappa shape index (κ2) is 7.27. The third-order valence-electron chi connectivity index (χ3n) is 3.32. The van der Waals surface area contributed by atoms with E-state index in [1.807, 2.05) is 0 Å². The summed E-state index contributed by atoms with van der Waals surface area (Å²) in [7, 11) is 1.68. The number of nitrogens with zero attached hydrogens (tertiary/aromatic N) is 1. The van der Waals surface area contributed by atoms with Gasteiger partial charge in [0.15, 0.2) is 0 Å². The van der Waals surface area contributed by atoms with Crippen LogP contribution in [0.1, 0.15) is 32.1 Å². The van der Waals surface area contributed by atoms with E-state index in [2.05, 4.69) is 10.2 Å². The maximum atomic E-state index is 11.4. The first-order chi connectivity index (χ1) is 8.13. The third kappa shape index (κ3) is 5.17. The lowest BCUT2D eigenvalue weighted by molar-refractivity contribution is -0.137. The lowest BCUT2D eigenvalue weighted by Crippen LogP contribution is -2.39. The van der Waals surface area contributed by atoms with Gasteiger partial charge in [-0.3, -0.25) is 9.59 Å². The van der Waals surface area contributed by atoms with E-state index in [0.29, 0.717) is 0 Å². The molecule has 5 nitrogen and oxygen atoms in total. The molecule has 98 valence electrons. The molecule has 1 saturated heterocycles. The van der Waals surface area contributed by atoms with Gasteiger partial charge in [-0.25, -0.2) is 0 Å². The highest BCUT2D eigenvalue weighted by atomic mass is 16.4. The molecule has 0 aliphatic carbocycles. The molecular weight excluding hydrogens is 220 g/mol. The predicted molar refractivity (Wildman–Crippen MR) is 64.7 cm³/mol. The molecule has 17 heavy (non-hydrogen) atoms. The first-order valence-corrected chi connectivity index (χ1v) is 6.29. The van der Waals surface area contributed by atoms with Gasteiger partial charge in [-0.2, -0.15) is 0 Å². The van der Waals surface area contributed by atoms with Crippen molar-refractivity contribution in [1.82, 2.24) is 10.2 Å². The molecule has 1 amide bonds. The minimum Gasteiger partial charge on any atom is -0.481 e. The van der Waals surface area contributed by atoms with E-state index in [1.54, 1.807) is 7.05 Å². The van der Waals surface area contributed by atoms with Crippen molar-refractivity contribution in [1.29, 1.82) is 0 Å². The zero-order valence-corrected chi connectivity index (χ0v) is 10.4. The summed E-state index contributed by atoms with van der Waals surface area (Å²) in [6, 6.07) is 0. The Labute approximate surface area is 102 Å². The molecule has 0 aromatic carbocycles. The van der Waals surface area contributed by atoms with Crippen LogP contribution in [0.5, 0.6) is 0 Å². The van der Waals surface area contributed by atoms with E-state index in [0.717, 1.165) is 45.3 Å². The Bertz CT molecular complexity index is 260. The summed E-state index contributed by atoms with van der Waals surface area (Å²) in [5.74, 6) is -0.408. The molecule has 5 heteroatoms. The maximum Gasteiger partial charge on any atom is 0.303 e. The van der Waals surface area contributed by atoms with Crippen molar-refractivity contribution in [3.63, 3.8) is 0 Å². The number of carbonyl (C=O) groups is 2. The average molecular weight is 242 g/mol. The molecule has 0 bridgehead atoms. The van der Waals surface area contributed by atoms with Crippen molar-refractivity contribution >= 4 is 11.9 Å². The van der Waals surface area contributed by atoms with Crippen molar-refractivity contribution < 1.29 is 14.7 Å². The lowest BCUT2D eigenvalue weighted by atomic mass is 9.96. The predicted octanol–water partition coefficient (Wildman–Crippen LogP) is 0.699. The fourth-order valence-corrected chi connectivity index (χ4v) is 2.23. The molecule has 0 spiro atoms. The number of likely N-dealkylation sites (tertiary alicyclic amines) is 1. The number of unbranched alkanes of at least 4 members (excludes halogenated alkanes) is 1. The molecule has 1 aliphatic rings. The number of piperidine rings is 1. The second-order valence-electron chi connectivity index (χ2n) is 4.58. The van der Waals surface area contributed by atoms with Gasteiger partial charge >= 0.3 is 5.97 Å². The molecule has 0 saturated carbocycles. The molecule has 0 aromatic rings. The Morgan fingerprint density at radius 1 is 1.29 bits per heavy atom. The Morgan fingerprint density at radius 3 is 2.47 bits per heavy atom. The van der Waals surface area contributed by atoms with Gasteiger partial charge in [0.1, 0.15) is 0 Å². The summed E-state index contributed by atoms with van der Waals surface area (Å²) in [4.78, 5) is 24.1. The van der Waals surface area contributed by atoms with Crippen molar-refractivity contribution in [2.24, 2.45) is 5.92 Å². The molecule has 1 aliphatic heterocycles. The van der Waals surface area contributed by atoms with Gasteiger partial charge in [0.25, 0.3) is 0 Å². The summed E-state index contributed by atoms with van der Waals surface area (Å²) in [5.41, 5.74) is 0. The molecule has 1 heterocycles. The van der Waals surface area contributed by atoms with E-state index in [4.69, 9.17) is 5.11 Å². The topological polar surface area (TPSA) is 69.6 Å². The van der Waals surface area contributed by atoms with E-state index >= 15 is 0 Å². The van der Waals surface area contributed by atoms with Crippen LogP contribution in [0, 0.1) is 5.92 Å². The largest absolute Gasteiger partial charge is 0.481 e. The number of rotatable bonds is 6. The summed E-state index contributed by atoms with van der Waals surface area (Å²) in [5, 5.41) is 11.2. The highest BCUT2D eigenvalue weighted by Gasteiger charge is 2.23. The number of nitrogens with one attached hydrogen (secondary N) is 1. The molecular formula is C12H22N2O3. The fourth-order valence-electron chi connectivity index (χ4n) is 2.23. The minimum atomic E-state index is -0.719. The van der Waals surface area contributed by atoms with Gasteiger partial charge in [0.2, 0.25) is 5.91 Å². The molecule has 1 fully saturated rings. The summed E-state index contributed by atoms with van der Waals surface area (Å²) in [6.45, 7) is 2.85. The van der Waals surface area contributed by atoms with Crippen molar-refractivity contribution in [2.75, 3.05) is 26.7 Å². The van der Waals surface area contributed by atoms with E-state index in [9.17, 15) is 9.59 Å². The van der Waals surface area contributed by atoms with Crippen molar-refractivity contribution in [3.05, 3.63) is 0 Å². The number of hydrogen-bond acceptors (Lipinski definition) is 3. The first kappa shape index (κ1) is 14.0. The maximum absolute atomic E-state index is 11.4. The number of aliphatic carboxylic acids is 1. The summed E-state index contributed by atoms with van der Waals surface area (Å²) in [6.07, 6.45) is 3.76. The monoisotopic (exact) mass is 242 g/mol. The molecule has 0 atom stereocenters. The van der Waals surface area contributed by atoms with Crippen LogP contribution in [0.3, 0.4) is 0 Å². The normalized spacial score (nSPS) is 17.9. The standard InChI is InChI=1S/C12H22N2O3/c1-13-12(17)10-5-8-14(9-6-10)7-3-2-4-11(15)16/h10H,2-9H2,1H3,(H,13,17)(H,15,16). The molecule has 0 radical (unpaired) electrons. The Balaban J connectivity index is 2.10. The molecule has 0 unspecified atom stereocenters. The Kier molecular flexibility index (Phi) is 5.97. The number of carboxylic acid groups (broad SMARTS) is 1. The zero-order chi connectivity index (χ0) is 12.7. The van der Waals surface area contributed by atoms with Crippen LogP contribution in [0.15, 0.2) is 0 Å². The van der Waals surface area contributed by atoms with E-state index < -0.39 is 5.97 Å². The van der Waals surface area contributed by atoms with Crippen LogP contribution in [0.25, 0.3) is 0 Å². The lowest BCUT2D eigenvalue weighted by Gasteiger charge is -2.30. The minimum absolute atomic E-state index is 0.149. The van der Waals surface area contributed by atoms with Gasteiger partial charge in [-0.1, -0.05) is 0 Å². The third-order valence-corrected chi connectivity index (χ3v) is 3.32. The molecule has 1 rings (SSSR count). The number of amides is 1.